The van der Waals surface area contributed by atoms with Crippen LogP contribution in [0.4, 0.5) is 0 Å². The van der Waals surface area contributed by atoms with Gasteiger partial charge in [-0.1, -0.05) is 25.2 Å². The van der Waals surface area contributed by atoms with Gasteiger partial charge in [0.1, 0.15) is 0 Å². The summed E-state index contributed by atoms with van der Waals surface area (Å²) >= 11 is 0. The molecule has 2 fully saturated rings. The molecular formula is C20H28O4. The maximum atomic E-state index is 12.8. The summed E-state index contributed by atoms with van der Waals surface area (Å²) in [5.74, 6) is -0.722. The van der Waals surface area contributed by atoms with E-state index in [4.69, 9.17) is 9.47 Å². The van der Waals surface area contributed by atoms with E-state index in [1.807, 2.05) is 6.92 Å². The minimum absolute atomic E-state index is 0.0352. The first-order chi connectivity index (χ1) is 11.3. The Balaban J connectivity index is 1.81. The van der Waals surface area contributed by atoms with E-state index in [9.17, 15) is 9.59 Å². The van der Waals surface area contributed by atoms with Crippen molar-refractivity contribution in [2.45, 2.75) is 77.1 Å². The van der Waals surface area contributed by atoms with Crippen LogP contribution in [0.25, 0.3) is 0 Å². The third-order valence-corrected chi connectivity index (χ3v) is 5.92. The molecule has 4 nitrogen and oxygen atoms in total. The quantitative estimate of drug-likeness (QED) is 0.293. The fraction of sp³-hybridized carbons (Fsp3) is 0.700. The monoisotopic (exact) mass is 332 g/mol. The molecule has 0 saturated carbocycles. The van der Waals surface area contributed by atoms with Gasteiger partial charge in [0, 0.05) is 17.4 Å². The number of carbonyl (C=O) groups excluding carboxylic acids is 2. The second-order valence-electron chi connectivity index (χ2n) is 7.90. The van der Waals surface area contributed by atoms with Gasteiger partial charge in [-0.15, -0.1) is 0 Å². The fourth-order valence-electron chi connectivity index (χ4n) is 3.99. The number of rotatable bonds is 0. The van der Waals surface area contributed by atoms with Crippen LogP contribution in [0.3, 0.4) is 0 Å². The van der Waals surface area contributed by atoms with Gasteiger partial charge in [-0.2, -0.15) is 0 Å². The summed E-state index contributed by atoms with van der Waals surface area (Å²) in [5.41, 5.74) is 1.67. The highest BCUT2D eigenvalue weighted by molar-refractivity contribution is 5.98. The molecule has 0 spiro atoms. The molecule has 0 aromatic rings. The fourth-order valence-corrected chi connectivity index (χ4v) is 3.99. The number of fused-ring (bicyclic) bond motifs is 2. The molecule has 1 aliphatic carbocycles. The van der Waals surface area contributed by atoms with Crippen molar-refractivity contribution in [3.8, 4) is 0 Å². The first-order valence-electron chi connectivity index (χ1n) is 9.09. The van der Waals surface area contributed by atoms with E-state index in [0.29, 0.717) is 12.0 Å². The molecule has 132 valence electrons. The highest BCUT2D eigenvalue weighted by Crippen LogP contribution is 2.47. The zero-order valence-electron chi connectivity index (χ0n) is 15.0. The largest absolute Gasteiger partial charge is 0.450 e. The molecule has 0 aromatic heterocycles. The maximum Gasteiger partial charge on any atom is 0.334 e. The topological polar surface area (TPSA) is 55.9 Å². The average Bonchev–Trinajstić information content (AvgIpc) is 3.08. The zero-order chi connectivity index (χ0) is 17.5. The van der Waals surface area contributed by atoms with E-state index in [2.05, 4.69) is 26.5 Å². The Morgan fingerprint density at radius 1 is 1.33 bits per heavy atom. The summed E-state index contributed by atoms with van der Waals surface area (Å²) in [6.45, 7) is 10.1. The summed E-state index contributed by atoms with van der Waals surface area (Å²) in [7, 11) is 0. The number of epoxide rings is 1. The van der Waals surface area contributed by atoms with E-state index >= 15 is 0 Å². The number of ketones is 1. The van der Waals surface area contributed by atoms with E-state index in [-0.39, 0.29) is 29.3 Å². The van der Waals surface area contributed by atoms with Gasteiger partial charge >= 0.3 is 5.97 Å². The first-order valence-corrected chi connectivity index (χ1v) is 9.09. The Labute approximate surface area is 144 Å². The van der Waals surface area contributed by atoms with Crippen molar-refractivity contribution in [2.24, 2.45) is 11.8 Å². The van der Waals surface area contributed by atoms with Crippen LogP contribution in [0.1, 0.15) is 59.3 Å². The Hall–Kier alpha value is -1.42. The van der Waals surface area contributed by atoms with Crippen LogP contribution in [0.5, 0.6) is 0 Å². The van der Waals surface area contributed by atoms with Crippen molar-refractivity contribution in [1.82, 2.24) is 0 Å². The summed E-state index contributed by atoms with van der Waals surface area (Å²) < 4.78 is 11.3. The van der Waals surface area contributed by atoms with Crippen LogP contribution in [0, 0.1) is 11.8 Å². The molecule has 0 aromatic carbocycles. The molecule has 0 radical (unpaired) electrons. The van der Waals surface area contributed by atoms with Crippen LogP contribution in [-0.2, 0) is 19.1 Å². The molecule has 2 unspecified atom stereocenters. The van der Waals surface area contributed by atoms with Gasteiger partial charge < -0.3 is 9.47 Å². The number of allylic oxidation sites excluding steroid dienone is 2. The predicted octanol–water partition coefficient (Wildman–Crippen LogP) is 3.75. The highest BCUT2D eigenvalue weighted by Gasteiger charge is 2.55. The number of carbonyl (C=O) groups is 2. The second-order valence-corrected chi connectivity index (χ2v) is 7.90. The van der Waals surface area contributed by atoms with Gasteiger partial charge in [0.25, 0.3) is 0 Å². The molecule has 0 bridgehead atoms. The Morgan fingerprint density at radius 2 is 2.08 bits per heavy atom. The summed E-state index contributed by atoms with van der Waals surface area (Å²) in [6.07, 6.45) is 7.16. The number of hydrogen-bond acceptors (Lipinski definition) is 4. The SMILES string of the molecule is C=C1C(=O)OC2C(=O)C(C)CCC/C(C)=C/CC[C@@]3(C)O[C@@H]3C[C@@H]12. The molecule has 2 heterocycles. The summed E-state index contributed by atoms with van der Waals surface area (Å²) in [5, 5.41) is 0. The van der Waals surface area contributed by atoms with Crippen molar-refractivity contribution >= 4 is 11.8 Å². The van der Waals surface area contributed by atoms with Crippen molar-refractivity contribution in [2.75, 3.05) is 0 Å². The summed E-state index contributed by atoms with van der Waals surface area (Å²) in [4.78, 5) is 24.8. The van der Waals surface area contributed by atoms with Gasteiger partial charge in [-0.05, 0) is 52.4 Å². The van der Waals surface area contributed by atoms with Crippen molar-refractivity contribution in [3.05, 3.63) is 23.8 Å². The molecule has 2 saturated heterocycles. The molecule has 5 atom stereocenters. The third-order valence-electron chi connectivity index (χ3n) is 5.92. The molecule has 3 aliphatic rings. The van der Waals surface area contributed by atoms with Crippen LogP contribution >= 0.6 is 0 Å². The van der Waals surface area contributed by atoms with Crippen LogP contribution < -0.4 is 0 Å². The maximum absolute atomic E-state index is 12.8. The van der Waals surface area contributed by atoms with Crippen LogP contribution in [0.15, 0.2) is 23.8 Å². The van der Waals surface area contributed by atoms with Crippen molar-refractivity contribution in [1.29, 1.82) is 0 Å². The Bertz CT molecular complexity index is 590. The lowest BCUT2D eigenvalue weighted by molar-refractivity contribution is -0.148. The Kier molecular flexibility index (Phi) is 4.69. The molecular weight excluding hydrogens is 304 g/mol. The molecule has 2 aliphatic heterocycles. The third kappa shape index (κ3) is 3.34. The van der Waals surface area contributed by atoms with E-state index in [1.165, 1.54) is 5.57 Å². The molecule has 0 N–H and O–H groups in total. The van der Waals surface area contributed by atoms with E-state index in [0.717, 1.165) is 32.1 Å². The smallest absolute Gasteiger partial charge is 0.334 e. The standard InChI is InChI=1S/C20H28O4/c1-12-7-5-9-13(2)17(21)18-15(14(3)19(22)23-18)11-16-20(4,24-16)10-6-8-12/h8,13,15-16,18H,3,5-7,9-11H2,1-2,4H3/b12-8+/t13?,15-,16+,18?,20+/m0/s1. The van der Waals surface area contributed by atoms with Crippen LogP contribution in [0.2, 0.25) is 0 Å². The van der Waals surface area contributed by atoms with Gasteiger partial charge in [0.2, 0.25) is 0 Å². The average molecular weight is 332 g/mol. The lowest BCUT2D eigenvalue weighted by Crippen LogP contribution is -2.33. The zero-order valence-corrected chi connectivity index (χ0v) is 15.0. The lowest BCUT2D eigenvalue weighted by Gasteiger charge is -2.20. The Morgan fingerprint density at radius 3 is 2.83 bits per heavy atom. The molecule has 24 heavy (non-hydrogen) atoms. The van der Waals surface area contributed by atoms with Gasteiger partial charge in [0.15, 0.2) is 11.9 Å². The number of esters is 1. The van der Waals surface area contributed by atoms with Crippen LogP contribution in [-0.4, -0.2) is 29.6 Å². The molecule has 4 heteroatoms. The van der Waals surface area contributed by atoms with Crippen molar-refractivity contribution in [3.63, 3.8) is 0 Å². The molecule has 0 amide bonds. The first kappa shape index (κ1) is 17.4. The van der Waals surface area contributed by atoms with E-state index in [1.54, 1.807) is 0 Å². The minimum Gasteiger partial charge on any atom is -0.450 e. The lowest BCUT2D eigenvalue weighted by atomic mass is 9.82. The minimum atomic E-state index is -0.673. The van der Waals surface area contributed by atoms with Crippen molar-refractivity contribution < 1.29 is 19.1 Å². The second kappa shape index (κ2) is 6.47. The molecule has 3 rings (SSSR count). The van der Waals surface area contributed by atoms with Gasteiger partial charge in [-0.3, -0.25) is 4.79 Å². The summed E-state index contributed by atoms with van der Waals surface area (Å²) in [6, 6.07) is 0. The predicted molar refractivity (Wildman–Crippen MR) is 91.4 cm³/mol. The number of Topliss-reactive ketones (excluding diaryl/α,β-unsaturated/α-hetero) is 1. The van der Waals surface area contributed by atoms with E-state index < -0.39 is 12.1 Å². The number of hydrogen-bond donors (Lipinski definition) is 0. The normalized spacial score (nSPS) is 43.1. The van der Waals surface area contributed by atoms with Gasteiger partial charge in [0.05, 0.1) is 11.7 Å². The highest BCUT2D eigenvalue weighted by atomic mass is 16.6. The number of ether oxygens (including phenoxy) is 2. The van der Waals surface area contributed by atoms with Gasteiger partial charge in [-0.25, -0.2) is 4.79 Å².